The van der Waals surface area contributed by atoms with E-state index in [0.29, 0.717) is 0 Å². The van der Waals surface area contributed by atoms with Gasteiger partial charge in [-0.2, -0.15) is 0 Å². The van der Waals surface area contributed by atoms with Gasteiger partial charge in [-0.3, -0.25) is 0 Å². The Morgan fingerprint density at radius 3 is 2.90 bits per heavy atom. The van der Waals surface area contributed by atoms with E-state index in [2.05, 4.69) is 11.4 Å². The molecule has 0 saturated heterocycles. The highest BCUT2D eigenvalue weighted by molar-refractivity contribution is 6.30. The van der Waals surface area contributed by atoms with E-state index in [1.54, 1.807) is 0 Å². The molecule has 2 N–H and O–H groups in total. The van der Waals surface area contributed by atoms with E-state index in [1.165, 1.54) is 11.1 Å². The van der Waals surface area contributed by atoms with E-state index in [1.807, 2.05) is 36.4 Å². The van der Waals surface area contributed by atoms with Gasteiger partial charge in [0.2, 0.25) is 0 Å². The standard InChI is InChI=1S/C17H18ClNO2/c18-15-4-5-17-14(7-15)8-16(21-17)10-19-9-12-2-1-3-13(6-12)11-20/h1-7,16,19-20H,8-11H2. The Morgan fingerprint density at radius 2 is 2.05 bits per heavy atom. The zero-order valence-electron chi connectivity index (χ0n) is 11.7. The van der Waals surface area contributed by atoms with Crippen molar-refractivity contribution in [3.63, 3.8) is 0 Å². The van der Waals surface area contributed by atoms with Crippen LogP contribution in [-0.2, 0) is 19.6 Å². The predicted molar refractivity (Wildman–Crippen MR) is 83.6 cm³/mol. The van der Waals surface area contributed by atoms with Crippen molar-refractivity contribution >= 4 is 11.6 Å². The molecule has 2 aromatic rings. The highest BCUT2D eigenvalue weighted by Crippen LogP contribution is 2.30. The van der Waals surface area contributed by atoms with Crippen molar-refractivity contribution in [3.05, 3.63) is 64.2 Å². The van der Waals surface area contributed by atoms with Gasteiger partial charge in [-0.15, -0.1) is 0 Å². The van der Waals surface area contributed by atoms with Gasteiger partial charge < -0.3 is 15.2 Å². The maximum atomic E-state index is 9.13. The van der Waals surface area contributed by atoms with Crippen molar-refractivity contribution in [2.75, 3.05) is 6.54 Å². The van der Waals surface area contributed by atoms with Gasteiger partial charge in [0.1, 0.15) is 11.9 Å². The number of nitrogens with one attached hydrogen (secondary N) is 1. The molecule has 0 aliphatic carbocycles. The Balaban J connectivity index is 1.51. The van der Waals surface area contributed by atoms with E-state index in [0.717, 1.165) is 35.8 Å². The number of benzene rings is 2. The smallest absolute Gasteiger partial charge is 0.123 e. The van der Waals surface area contributed by atoms with Gasteiger partial charge in [0.25, 0.3) is 0 Å². The number of hydrogen-bond acceptors (Lipinski definition) is 3. The summed E-state index contributed by atoms with van der Waals surface area (Å²) in [5.74, 6) is 0.938. The molecular weight excluding hydrogens is 286 g/mol. The van der Waals surface area contributed by atoms with Crippen LogP contribution in [0.4, 0.5) is 0 Å². The third-order valence-electron chi connectivity index (χ3n) is 3.64. The van der Waals surface area contributed by atoms with Crippen molar-refractivity contribution in [3.8, 4) is 5.75 Å². The molecule has 0 saturated carbocycles. The highest BCUT2D eigenvalue weighted by Gasteiger charge is 2.22. The van der Waals surface area contributed by atoms with Gasteiger partial charge in [0.15, 0.2) is 0 Å². The average molecular weight is 304 g/mol. The lowest BCUT2D eigenvalue weighted by Crippen LogP contribution is -2.29. The Hall–Kier alpha value is -1.55. The summed E-state index contributed by atoms with van der Waals surface area (Å²) in [5.41, 5.74) is 3.28. The summed E-state index contributed by atoms with van der Waals surface area (Å²) in [4.78, 5) is 0. The molecule has 1 unspecified atom stereocenters. The van der Waals surface area contributed by atoms with Gasteiger partial charge >= 0.3 is 0 Å². The molecule has 2 aromatic carbocycles. The fourth-order valence-corrected chi connectivity index (χ4v) is 2.81. The molecule has 1 aliphatic heterocycles. The van der Waals surface area contributed by atoms with Crippen LogP contribution in [0.5, 0.6) is 5.75 Å². The number of ether oxygens (including phenoxy) is 1. The van der Waals surface area contributed by atoms with Crippen LogP contribution < -0.4 is 10.1 Å². The van der Waals surface area contributed by atoms with E-state index >= 15 is 0 Å². The first-order chi connectivity index (χ1) is 10.2. The van der Waals surface area contributed by atoms with Crippen molar-refractivity contribution < 1.29 is 9.84 Å². The van der Waals surface area contributed by atoms with Crippen LogP contribution in [0.25, 0.3) is 0 Å². The number of fused-ring (bicyclic) bond motifs is 1. The first kappa shape index (κ1) is 14.4. The first-order valence-corrected chi connectivity index (χ1v) is 7.47. The minimum absolute atomic E-state index is 0.0790. The van der Waals surface area contributed by atoms with Crippen LogP contribution in [0.2, 0.25) is 5.02 Å². The molecule has 1 atom stereocenters. The maximum Gasteiger partial charge on any atom is 0.123 e. The van der Waals surface area contributed by atoms with Crippen LogP contribution >= 0.6 is 11.6 Å². The van der Waals surface area contributed by atoms with E-state index in [-0.39, 0.29) is 12.7 Å². The summed E-state index contributed by atoms with van der Waals surface area (Å²) >= 11 is 5.99. The molecule has 3 nitrogen and oxygen atoms in total. The van der Waals surface area contributed by atoms with E-state index in [9.17, 15) is 0 Å². The second-order valence-corrected chi connectivity index (χ2v) is 5.74. The van der Waals surface area contributed by atoms with Gasteiger partial charge in [-0.05, 0) is 34.9 Å². The molecule has 1 aliphatic rings. The van der Waals surface area contributed by atoms with Crippen molar-refractivity contribution in [1.29, 1.82) is 0 Å². The zero-order valence-corrected chi connectivity index (χ0v) is 12.4. The number of rotatable bonds is 5. The van der Waals surface area contributed by atoms with Crippen molar-refractivity contribution in [1.82, 2.24) is 5.32 Å². The van der Waals surface area contributed by atoms with E-state index < -0.39 is 0 Å². The fourth-order valence-electron chi connectivity index (χ4n) is 2.62. The van der Waals surface area contributed by atoms with Crippen LogP contribution in [0, 0.1) is 0 Å². The first-order valence-electron chi connectivity index (χ1n) is 7.09. The van der Waals surface area contributed by atoms with Crippen molar-refractivity contribution in [2.45, 2.75) is 25.7 Å². The second kappa shape index (κ2) is 6.48. The lowest BCUT2D eigenvalue weighted by Gasteiger charge is -2.12. The summed E-state index contributed by atoms with van der Waals surface area (Å²) in [6, 6.07) is 13.7. The molecule has 0 bridgehead atoms. The van der Waals surface area contributed by atoms with Crippen molar-refractivity contribution in [2.24, 2.45) is 0 Å². The fraction of sp³-hybridized carbons (Fsp3) is 0.294. The molecule has 4 heteroatoms. The molecule has 0 aromatic heterocycles. The molecule has 110 valence electrons. The quantitative estimate of drug-likeness (QED) is 0.892. The molecule has 21 heavy (non-hydrogen) atoms. The number of aliphatic hydroxyl groups is 1. The predicted octanol–water partition coefficient (Wildman–Crippen LogP) is 2.93. The Morgan fingerprint density at radius 1 is 1.19 bits per heavy atom. The summed E-state index contributed by atoms with van der Waals surface area (Å²) < 4.78 is 5.88. The van der Waals surface area contributed by atoms with Crippen LogP contribution in [0.3, 0.4) is 0 Å². The Kier molecular flexibility index (Phi) is 4.44. The van der Waals surface area contributed by atoms with Gasteiger partial charge in [-0.1, -0.05) is 35.9 Å². The number of halogens is 1. The molecule has 0 amide bonds. The largest absolute Gasteiger partial charge is 0.488 e. The Bertz CT molecular complexity index is 630. The number of hydrogen-bond donors (Lipinski definition) is 2. The molecule has 0 spiro atoms. The van der Waals surface area contributed by atoms with Gasteiger partial charge in [-0.25, -0.2) is 0 Å². The minimum Gasteiger partial charge on any atom is -0.488 e. The summed E-state index contributed by atoms with van der Waals surface area (Å²) in [5, 5.41) is 13.3. The van der Waals surface area contributed by atoms with Crippen LogP contribution in [0.1, 0.15) is 16.7 Å². The van der Waals surface area contributed by atoms with E-state index in [4.69, 9.17) is 21.4 Å². The zero-order chi connectivity index (χ0) is 14.7. The average Bonchev–Trinajstić information content (AvgIpc) is 2.89. The van der Waals surface area contributed by atoms with Crippen LogP contribution in [0.15, 0.2) is 42.5 Å². The molecular formula is C17H18ClNO2. The molecule has 0 radical (unpaired) electrons. The lowest BCUT2D eigenvalue weighted by atomic mass is 10.1. The summed E-state index contributed by atoms with van der Waals surface area (Å²) in [6.07, 6.45) is 1.04. The lowest BCUT2D eigenvalue weighted by molar-refractivity contribution is 0.227. The van der Waals surface area contributed by atoms with Gasteiger partial charge in [0, 0.05) is 24.5 Å². The summed E-state index contributed by atoms with van der Waals surface area (Å²) in [7, 11) is 0. The van der Waals surface area contributed by atoms with Crippen LogP contribution in [-0.4, -0.2) is 17.8 Å². The second-order valence-electron chi connectivity index (χ2n) is 5.30. The molecule has 0 fully saturated rings. The highest BCUT2D eigenvalue weighted by atomic mass is 35.5. The van der Waals surface area contributed by atoms with Gasteiger partial charge in [0.05, 0.1) is 6.61 Å². The maximum absolute atomic E-state index is 9.13. The monoisotopic (exact) mass is 303 g/mol. The SMILES string of the molecule is OCc1cccc(CNCC2Cc3cc(Cl)ccc3O2)c1. The Labute approximate surface area is 129 Å². The molecule has 3 rings (SSSR count). The number of aliphatic hydroxyl groups excluding tert-OH is 1. The topological polar surface area (TPSA) is 41.5 Å². The normalized spacial score (nSPS) is 16.6. The summed E-state index contributed by atoms with van der Waals surface area (Å²) in [6.45, 7) is 1.64. The molecule has 1 heterocycles. The third kappa shape index (κ3) is 3.56. The third-order valence-corrected chi connectivity index (χ3v) is 3.87. The minimum atomic E-state index is 0.0790.